The molecule has 1 saturated heterocycles. The summed E-state index contributed by atoms with van der Waals surface area (Å²) in [6, 6.07) is 18.0. The Balaban J connectivity index is 1.26. The Bertz CT molecular complexity index is 1030. The molecule has 1 amide bonds. The number of aromatic nitrogens is 3. The summed E-state index contributed by atoms with van der Waals surface area (Å²) in [5.74, 6) is 2.46. The summed E-state index contributed by atoms with van der Waals surface area (Å²) in [5, 5.41) is 11.8. The van der Waals surface area contributed by atoms with Gasteiger partial charge in [0.15, 0.2) is 11.6 Å². The first kappa shape index (κ1) is 20.8. The van der Waals surface area contributed by atoms with Crippen molar-refractivity contribution in [3.63, 3.8) is 0 Å². The standard InChI is InChI=1S/C24H28N6O/c1-18-5-3-7-20(17-18)9-12-24(31)30-15-13-29(14-16-30)23-11-10-22(27-28-23)26-21-8-4-6-19(2)25-21/h3-8,10-11,17H,9,12-16H2,1-2H3,(H,25,26,27). The molecule has 0 aliphatic carbocycles. The maximum Gasteiger partial charge on any atom is 0.223 e. The molecule has 1 N–H and O–H groups in total. The lowest BCUT2D eigenvalue weighted by Gasteiger charge is -2.35. The fourth-order valence-corrected chi connectivity index (χ4v) is 3.77. The fourth-order valence-electron chi connectivity index (χ4n) is 3.77. The number of carbonyl (C=O) groups excluding carboxylic acids is 1. The smallest absolute Gasteiger partial charge is 0.223 e. The molecule has 0 radical (unpaired) electrons. The second-order valence-electron chi connectivity index (χ2n) is 7.92. The lowest BCUT2D eigenvalue weighted by Crippen LogP contribution is -2.49. The fraction of sp³-hybridized carbons (Fsp3) is 0.333. The van der Waals surface area contributed by atoms with E-state index in [1.165, 1.54) is 11.1 Å². The Morgan fingerprint density at radius 1 is 0.935 bits per heavy atom. The van der Waals surface area contributed by atoms with E-state index in [-0.39, 0.29) is 5.91 Å². The van der Waals surface area contributed by atoms with Crippen LogP contribution in [0.4, 0.5) is 17.5 Å². The summed E-state index contributed by atoms with van der Waals surface area (Å²) < 4.78 is 0. The highest BCUT2D eigenvalue weighted by molar-refractivity contribution is 5.76. The Hall–Kier alpha value is -3.48. The molecule has 0 saturated carbocycles. The highest BCUT2D eigenvalue weighted by atomic mass is 16.2. The topological polar surface area (TPSA) is 74.2 Å². The average molecular weight is 417 g/mol. The first-order valence-electron chi connectivity index (χ1n) is 10.7. The Labute approximate surface area is 183 Å². The van der Waals surface area contributed by atoms with E-state index in [9.17, 15) is 4.79 Å². The van der Waals surface area contributed by atoms with Crippen molar-refractivity contribution >= 4 is 23.4 Å². The van der Waals surface area contributed by atoms with E-state index in [0.29, 0.717) is 25.3 Å². The van der Waals surface area contributed by atoms with Crippen molar-refractivity contribution in [2.45, 2.75) is 26.7 Å². The number of nitrogens with one attached hydrogen (secondary N) is 1. The molecule has 31 heavy (non-hydrogen) atoms. The molecule has 0 unspecified atom stereocenters. The Morgan fingerprint density at radius 3 is 2.45 bits per heavy atom. The van der Waals surface area contributed by atoms with Gasteiger partial charge in [0.05, 0.1) is 0 Å². The number of amides is 1. The number of aryl methyl sites for hydroxylation is 3. The molecule has 3 aromatic rings. The largest absolute Gasteiger partial charge is 0.352 e. The molecule has 7 nitrogen and oxygen atoms in total. The molecule has 7 heteroatoms. The minimum atomic E-state index is 0.220. The SMILES string of the molecule is Cc1cccc(CCC(=O)N2CCN(c3ccc(Nc4cccc(C)n4)nn3)CC2)c1. The number of piperazine rings is 1. The van der Waals surface area contributed by atoms with Crippen LogP contribution in [0.25, 0.3) is 0 Å². The number of hydrogen-bond donors (Lipinski definition) is 1. The molecule has 1 fully saturated rings. The summed E-state index contributed by atoms with van der Waals surface area (Å²) in [6.45, 7) is 6.97. The molecule has 1 aromatic carbocycles. The van der Waals surface area contributed by atoms with Crippen molar-refractivity contribution in [3.05, 3.63) is 71.4 Å². The van der Waals surface area contributed by atoms with Gasteiger partial charge in [-0.1, -0.05) is 35.9 Å². The van der Waals surface area contributed by atoms with Crippen LogP contribution in [0.5, 0.6) is 0 Å². The Morgan fingerprint density at radius 2 is 1.74 bits per heavy atom. The molecule has 1 aliphatic rings. The van der Waals surface area contributed by atoms with Gasteiger partial charge in [0.2, 0.25) is 5.91 Å². The van der Waals surface area contributed by atoms with Crippen LogP contribution in [-0.4, -0.2) is 52.2 Å². The second-order valence-corrected chi connectivity index (χ2v) is 7.92. The normalized spacial score (nSPS) is 13.9. The van der Waals surface area contributed by atoms with Crippen molar-refractivity contribution in [2.75, 3.05) is 36.4 Å². The summed E-state index contributed by atoms with van der Waals surface area (Å²) in [7, 11) is 0. The first-order chi connectivity index (χ1) is 15.1. The molecule has 4 rings (SSSR count). The van der Waals surface area contributed by atoms with Crippen LogP contribution in [0.3, 0.4) is 0 Å². The number of nitrogens with zero attached hydrogens (tertiary/aromatic N) is 5. The van der Waals surface area contributed by atoms with Gasteiger partial charge in [0, 0.05) is 38.3 Å². The zero-order valence-electron chi connectivity index (χ0n) is 18.1. The van der Waals surface area contributed by atoms with Crippen LogP contribution in [0.1, 0.15) is 23.2 Å². The van der Waals surface area contributed by atoms with Gasteiger partial charge in [-0.3, -0.25) is 4.79 Å². The molecule has 160 valence electrons. The highest BCUT2D eigenvalue weighted by Crippen LogP contribution is 2.17. The molecule has 0 spiro atoms. The van der Waals surface area contributed by atoms with E-state index >= 15 is 0 Å². The van der Waals surface area contributed by atoms with E-state index in [4.69, 9.17) is 0 Å². The van der Waals surface area contributed by atoms with E-state index < -0.39 is 0 Å². The molecular weight excluding hydrogens is 388 g/mol. The van der Waals surface area contributed by atoms with Gasteiger partial charge < -0.3 is 15.1 Å². The average Bonchev–Trinajstić information content (AvgIpc) is 2.78. The van der Waals surface area contributed by atoms with E-state index in [0.717, 1.165) is 36.8 Å². The van der Waals surface area contributed by atoms with Gasteiger partial charge in [0.1, 0.15) is 5.82 Å². The number of benzene rings is 1. The third-order valence-electron chi connectivity index (χ3n) is 5.46. The van der Waals surface area contributed by atoms with Crippen LogP contribution in [0, 0.1) is 13.8 Å². The number of rotatable bonds is 6. The van der Waals surface area contributed by atoms with Crippen molar-refractivity contribution < 1.29 is 4.79 Å². The van der Waals surface area contributed by atoms with Crippen LogP contribution >= 0.6 is 0 Å². The van der Waals surface area contributed by atoms with Crippen LogP contribution in [0.2, 0.25) is 0 Å². The lowest BCUT2D eigenvalue weighted by molar-refractivity contribution is -0.131. The number of anilines is 3. The highest BCUT2D eigenvalue weighted by Gasteiger charge is 2.22. The van der Waals surface area contributed by atoms with Crippen LogP contribution < -0.4 is 10.2 Å². The number of carbonyl (C=O) groups is 1. The molecule has 2 aromatic heterocycles. The van der Waals surface area contributed by atoms with E-state index in [1.54, 1.807) is 0 Å². The van der Waals surface area contributed by atoms with Crippen molar-refractivity contribution in [2.24, 2.45) is 0 Å². The molecule has 1 aliphatic heterocycles. The minimum Gasteiger partial charge on any atom is -0.352 e. The van der Waals surface area contributed by atoms with Crippen molar-refractivity contribution in [1.82, 2.24) is 20.1 Å². The van der Waals surface area contributed by atoms with E-state index in [2.05, 4.69) is 50.5 Å². The summed E-state index contributed by atoms with van der Waals surface area (Å²) >= 11 is 0. The van der Waals surface area contributed by atoms with Gasteiger partial charge in [-0.05, 0) is 50.1 Å². The summed E-state index contributed by atoms with van der Waals surface area (Å²) in [5.41, 5.74) is 3.40. The Kier molecular flexibility index (Phi) is 6.40. The molecule has 0 bridgehead atoms. The van der Waals surface area contributed by atoms with Gasteiger partial charge in [-0.2, -0.15) is 0 Å². The third kappa shape index (κ3) is 5.57. The van der Waals surface area contributed by atoms with Crippen LogP contribution in [0.15, 0.2) is 54.6 Å². The van der Waals surface area contributed by atoms with Gasteiger partial charge >= 0.3 is 0 Å². The molecule has 3 heterocycles. The summed E-state index contributed by atoms with van der Waals surface area (Å²) in [4.78, 5) is 21.2. The van der Waals surface area contributed by atoms with E-state index in [1.807, 2.05) is 48.2 Å². The minimum absolute atomic E-state index is 0.220. The molecule has 0 atom stereocenters. The predicted octanol–water partition coefficient (Wildman–Crippen LogP) is 3.51. The van der Waals surface area contributed by atoms with Crippen molar-refractivity contribution in [3.8, 4) is 0 Å². The monoisotopic (exact) mass is 416 g/mol. The maximum absolute atomic E-state index is 12.6. The second kappa shape index (κ2) is 9.55. The number of pyridine rings is 1. The number of hydrogen-bond acceptors (Lipinski definition) is 6. The predicted molar refractivity (Wildman–Crippen MR) is 123 cm³/mol. The van der Waals surface area contributed by atoms with Crippen molar-refractivity contribution in [1.29, 1.82) is 0 Å². The van der Waals surface area contributed by atoms with Crippen LogP contribution in [-0.2, 0) is 11.2 Å². The van der Waals surface area contributed by atoms with Gasteiger partial charge in [-0.15, -0.1) is 10.2 Å². The lowest BCUT2D eigenvalue weighted by atomic mass is 10.1. The molecular formula is C24H28N6O. The maximum atomic E-state index is 12.6. The first-order valence-corrected chi connectivity index (χ1v) is 10.7. The third-order valence-corrected chi connectivity index (χ3v) is 5.46. The quantitative estimate of drug-likeness (QED) is 0.663. The van der Waals surface area contributed by atoms with Gasteiger partial charge in [-0.25, -0.2) is 4.98 Å². The summed E-state index contributed by atoms with van der Waals surface area (Å²) in [6.07, 6.45) is 1.34. The van der Waals surface area contributed by atoms with Gasteiger partial charge in [0.25, 0.3) is 0 Å². The zero-order chi connectivity index (χ0) is 21.6. The zero-order valence-corrected chi connectivity index (χ0v) is 18.1.